The average Bonchev–Trinajstić information content (AvgIpc) is 3.04. The van der Waals surface area contributed by atoms with Gasteiger partial charge in [-0.05, 0) is 24.1 Å². The van der Waals surface area contributed by atoms with Gasteiger partial charge in [-0.3, -0.25) is 4.79 Å². The largest absolute Gasteiger partial charge is 0.333 e. The lowest BCUT2D eigenvalue weighted by Gasteiger charge is -2.04. The van der Waals surface area contributed by atoms with Gasteiger partial charge in [-0.25, -0.2) is 10.4 Å². The fourth-order valence-electron chi connectivity index (χ4n) is 2.27. The van der Waals surface area contributed by atoms with Crippen molar-refractivity contribution in [1.29, 1.82) is 0 Å². The van der Waals surface area contributed by atoms with Gasteiger partial charge in [-0.2, -0.15) is 5.10 Å². The van der Waals surface area contributed by atoms with E-state index in [1.807, 2.05) is 61.5 Å². The van der Waals surface area contributed by atoms with Crippen LogP contribution in [0.25, 0.3) is 11.0 Å². The molecule has 0 saturated carbocycles. The number of para-hydroxylation sites is 2. The van der Waals surface area contributed by atoms with Gasteiger partial charge >= 0.3 is 0 Å². The maximum atomic E-state index is 12.0. The highest BCUT2D eigenvalue weighted by molar-refractivity contribution is 7.99. The number of amides is 1. The van der Waals surface area contributed by atoms with Crippen LogP contribution >= 0.6 is 11.8 Å². The minimum atomic E-state index is -0.151. The molecule has 1 amide bonds. The van der Waals surface area contributed by atoms with Crippen LogP contribution in [0.1, 0.15) is 18.9 Å². The second-order valence-corrected chi connectivity index (χ2v) is 6.12. The van der Waals surface area contributed by atoms with Gasteiger partial charge in [0.15, 0.2) is 5.16 Å². The molecule has 0 fully saturated rings. The summed E-state index contributed by atoms with van der Waals surface area (Å²) in [5.74, 6) is 0.108. The van der Waals surface area contributed by atoms with Crippen LogP contribution in [0.15, 0.2) is 64.9 Å². The Morgan fingerprint density at radius 1 is 1.17 bits per heavy atom. The Labute approximate surface area is 144 Å². The minimum absolute atomic E-state index is 0.151. The number of nitrogens with zero attached hydrogens (tertiary/aromatic N) is 2. The maximum absolute atomic E-state index is 12.0. The first-order valence-electron chi connectivity index (χ1n) is 7.74. The molecule has 0 radical (unpaired) electrons. The molecule has 24 heavy (non-hydrogen) atoms. The smallest absolute Gasteiger partial charge is 0.250 e. The Kier molecular flexibility index (Phi) is 5.28. The van der Waals surface area contributed by atoms with E-state index < -0.39 is 0 Å². The van der Waals surface area contributed by atoms with E-state index in [9.17, 15) is 4.79 Å². The first-order chi connectivity index (χ1) is 11.8. The van der Waals surface area contributed by atoms with Crippen molar-refractivity contribution in [3.63, 3.8) is 0 Å². The number of nitrogens with one attached hydrogen (secondary N) is 2. The molecule has 3 rings (SSSR count). The van der Waals surface area contributed by atoms with E-state index in [4.69, 9.17) is 0 Å². The standard InChI is InChI=1S/C18H18N4OS/c1-2-14(13-8-4-3-5-9-13)21-22-17(23)12-24-18-19-15-10-6-7-11-16(15)20-18/h3-11H,2,12H2,1H3,(H,19,20)(H,22,23)/b21-14-. The number of rotatable bonds is 6. The van der Waals surface area contributed by atoms with E-state index in [0.717, 1.165) is 33.9 Å². The van der Waals surface area contributed by atoms with Crippen molar-refractivity contribution in [3.8, 4) is 0 Å². The number of carbonyl (C=O) groups is 1. The predicted molar refractivity (Wildman–Crippen MR) is 98.2 cm³/mol. The first-order valence-corrected chi connectivity index (χ1v) is 8.73. The second-order valence-electron chi connectivity index (χ2n) is 5.16. The Bertz CT molecular complexity index is 825. The number of hydrazone groups is 1. The molecule has 3 aromatic rings. The summed E-state index contributed by atoms with van der Waals surface area (Å²) in [5, 5.41) is 4.97. The zero-order chi connectivity index (χ0) is 16.8. The third-order valence-electron chi connectivity index (χ3n) is 3.47. The van der Waals surface area contributed by atoms with Crippen molar-refractivity contribution < 1.29 is 4.79 Å². The third-order valence-corrected chi connectivity index (χ3v) is 4.34. The van der Waals surface area contributed by atoms with Crippen LogP contribution in [0.3, 0.4) is 0 Å². The zero-order valence-corrected chi connectivity index (χ0v) is 14.1. The van der Waals surface area contributed by atoms with Gasteiger partial charge in [-0.1, -0.05) is 61.2 Å². The van der Waals surface area contributed by atoms with Gasteiger partial charge in [0.1, 0.15) is 0 Å². The molecule has 6 heteroatoms. The summed E-state index contributed by atoms with van der Waals surface area (Å²) >= 11 is 1.36. The summed E-state index contributed by atoms with van der Waals surface area (Å²) < 4.78 is 0. The Morgan fingerprint density at radius 3 is 2.67 bits per heavy atom. The maximum Gasteiger partial charge on any atom is 0.250 e. The Morgan fingerprint density at radius 2 is 1.92 bits per heavy atom. The van der Waals surface area contributed by atoms with Crippen LogP contribution in [-0.2, 0) is 4.79 Å². The minimum Gasteiger partial charge on any atom is -0.333 e. The molecule has 0 spiro atoms. The number of thioether (sulfide) groups is 1. The van der Waals surface area contributed by atoms with E-state index in [1.165, 1.54) is 11.8 Å². The quantitative estimate of drug-likeness (QED) is 0.410. The van der Waals surface area contributed by atoms with Gasteiger partial charge in [0.2, 0.25) is 0 Å². The van der Waals surface area contributed by atoms with Gasteiger partial charge in [0.05, 0.1) is 22.5 Å². The molecule has 5 nitrogen and oxygen atoms in total. The van der Waals surface area contributed by atoms with Crippen molar-refractivity contribution >= 4 is 34.4 Å². The van der Waals surface area contributed by atoms with Gasteiger partial charge < -0.3 is 4.98 Å². The lowest BCUT2D eigenvalue weighted by atomic mass is 10.1. The van der Waals surface area contributed by atoms with Crippen molar-refractivity contribution in [2.24, 2.45) is 5.10 Å². The molecule has 2 N–H and O–H groups in total. The molecular formula is C18H18N4OS. The molecule has 1 aromatic heterocycles. The summed E-state index contributed by atoms with van der Waals surface area (Å²) in [7, 11) is 0. The molecule has 0 aliphatic rings. The van der Waals surface area contributed by atoms with E-state index in [1.54, 1.807) is 0 Å². The van der Waals surface area contributed by atoms with Crippen molar-refractivity contribution in [3.05, 3.63) is 60.2 Å². The van der Waals surface area contributed by atoms with E-state index >= 15 is 0 Å². The van der Waals surface area contributed by atoms with Gasteiger partial charge in [0, 0.05) is 0 Å². The normalized spacial score (nSPS) is 11.6. The van der Waals surface area contributed by atoms with Crippen molar-refractivity contribution in [2.75, 3.05) is 5.75 Å². The number of hydrogen-bond donors (Lipinski definition) is 2. The number of aromatic amines is 1. The van der Waals surface area contributed by atoms with Crippen LogP contribution in [0.4, 0.5) is 0 Å². The highest BCUT2D eigenvalue weighted by Crippen LogP contribution is 2.18. The number of carbonyl (C=O) groups excluding carboxylic acids is 1. The van der Waals surface area contributed by atoms with Gasteiger partial charge in [0.25, 0.3) is 5.91 Å². The molecule has 0 bridgehead atoms. The van der Waals surface area contributed by atoms with Crippen LogP contribution in [0.5, 0.6) is 0 Å². The lowest BCUT2D eigenvalue weighted by molar-refractivity contribution is -0.118. The third kappa shape index (κ3) is 4.02. The second kappa shape index (κ2) is 7.79. The van der Waals surface area contributed by atoms with Crippen LogP contribution in [-0.4, -0.2) is 27.3 Å². The van der Waals surface area contributed by atoms with Crippen LogP contribution in [0.2, 0.25) is 0 Å². The van der Waals surface area contributed by atoms with E-state index in [-0.39, 0.29) is 11.7 Å². The van der Waals surface area contributed by atoms with E-state index in [2.05, 4.69) is 20.5 Å². The number of benzene rings is 2. The Balaban J connectivity index is 1.58. The molecule has 1 heterocycles. The number of fused-ring (bicyclic) bond motifs is 1. The zero-order valence-electron chi connectivity index (χ0n) is 13.3. The van der Waals surface area contributed by atoms with Gasteiger partial charge in [-0.15, -0.1) is 0 Å². The molecule has 0 atom stereocenters. The number of H-pyrrole nitrogens is 1. The highest BCUT2D eigenvalue weighted by Gasteiger charge is 2.07. The fourth-order valence-corrected chi connectivity index (χ4v) is 2.95. The topological polar surface area (TPSA) is 70.1 Å². The van der Waals surface area contributed by atoms with Crippen LogP contribution in [0, 0.1) is 0 Å². The SMILES string of the molecule is CC/C(=N/NC(=O)CSc1nc2ccccc2[nH]1)c1ccccc1. The van der Waals surface area contributed by atoms with E-state index in [0.29, 0.717) is 0 Å². The lowest BCUT2D eigenvalue weighted by Crippen LogP contribution is -2.21. The van der Waals surface area contributed by atoms with Crippen molar-refractivity contribution in [1.82, 2.24) is 15.4 Å². The summed E-state index contributed by atoms with van der Waals surface area (Å²) in [6.45, 7) is 2.02. The van der Waals surface area contributed by atoms with Crippen LogP contribution < -0.4 is 5.43 Å². The number of imidazole rings is 1. The number of hydrogen-bond acceptors (Lipinski definition) is 4. The molecule has 0 saturated heterocycles. The number of aromatic nitrogens is 2. The predicted octanol–water partition coefficient (Wildman–Crippen LogP) is 3.59. The van der Waals surface area contributed by atoms with Crippen molar-refractivity contribution in [2.45, 2.75) is 18.5 Å². The highest BCUT2D eigenvalue weighted by atomic mass is 32.2. The Hall–Kier alpha value is -2.60. The molecule has 0 aliphatic heterocycles. The molecular weight excluding hydrogens is 320 g/mol. The monoisotopic (exact) mass is 338 g/mol. The molecule has 2 aromatic carbocycles. The fraction of sp³-hybridized carbons (Fsp3) is 0.167. The summed E-state index contributed by atoms with van der Waals surface area (Å²) in [5.41, 5.74) is 6.37. The molecule has 0 unspecified atom stereocenters. The average molecular weight is 338 g/mol. The summed E-state index contributed by atoms with van der Waals surface area (Å²) in [4.78, 5) is 19.6. The molecule has 122 valence electrons. The first kappa shape index (κ1) is 16.3. The summed E-state index contributed by atoms with van der Waals surface area (Å²) in [6, 6.07) is 17.6. The summed E-state index contributed by atoms with van der Waals surface area (Å²) in [6.07, 6.45) is 0.751. The molecule has 0 aliphatic carbocycles.